The summed E-state index contributed by atoms with van der Waals surface area (Å²) in [5, 5.41) is 12.2. The minimum absolute atomic E-state index is 0.0489. The summed E-state index contributed by atoms with van der Waals surface area (Å²) in [6, 6.07) is 14.5. The van der Waals surface area contributed by atoms with E-state index in [4.69, 9.17) is 12.2 Å². The summed E-state index contributed by atoms with van der Waals surface area (Å²) in [6.07, 6.45) is 4.59. The molecule has 0 unspecified atom stereocenters. The highest BCUT2D eigenvalue weighted by Gasteiger charge is 2.31. The lowest BCUT2D eigenvalue weighted by molar-refractivity contribution is -0.122. The summed E-state index contributed by atoms with van der Waals surface area (Å²) in [4.78, 5) is 26.9. The molecule has 1 fully saturated rings. The maximum atomic E-state index is 12.7. The first-order chi connectivity index (χ1) is 14.4. The number of phenols is 1. The van der Waals surface area contributed by atoms with Gasteiger partial charge in [0.05, 0.1) is 4.91 Å². The van der Waals surface area contributed by atoms with Gasteiger partial charge in [0, 0.05) is 24.7 Å². The number of unbranched alkanes of at least 4 members (excludes halogenated alkanes) is 2. The number of benzene rings is 2. The molecular formula is C23H24N2O3S2. The summed E-state index contributed by atoms with van der Waals surface area (Å²) in [6.45, 7) is 2.59. The van der Waals surface area contributed by atoms with Gasteiger partial charge in [0.2, 0.25) is 5.91 Å². The van der Waals surface area contributed by atoms with Crippen molar-refractivity contribution in [2.75, 3.05) is 11.9 Å². The highest BCUT2D eigenvalue weighted by atomic mass is 32.2. The first-order valence-corrected chi connectivity index (χ1v) is 11.1. The number of hydrogen-bond donors (Lipinski definition) is 2. The van der Waals surface area contributed by atoms with E-state index in [0.29, 0.717) is 27.9 Å². The number of phenolic OH excluding ortho intramolecular Hbond substituents is 1. The number of hydrogen-bond acceptors (Lipinski definition) is 5. The third kappa shape index (κ3) is 6.18. The number of aryl methyl sites for hydroxylation is 1. The van der Waals surface area contributed by atoms with E-state index in [1.165, 1.54) is 23.4 Å². The van der Waals surface area contributed by atoms with Gasteiger partial charge in [-0.3, -0.25) is 14.5 Å². The lowest BCUT2D eigenvalue weighted by atomic mass is 10.1. The van der Waals surface area contributed by atoms with Gasteiger partial charge in [-0.25, -0.2) is 0 Å². The fourth-order valence-electron chi connectivity index (χ4n) is 3.05. The van der Waals surface area contributed by atoms with Crippen molar-refractivity contribution in [3.63, 3.8) is 0 Å². The molecule has 7 heteroatoms. The van der Waals surface area contributed by atoms with Crippen LogP contribution in [0.5, 0.6) is 5.75 Å². The molecule has 1 aliphatic heterocycles. The maximum absolute atomic E-state index is 12.7. The molecule has 1 aliphatic rings. The van der Waals surface area contributed by atoms with Gasteiger partial charge in [0.15, 0.2) is 0 Å². The highest BCUT2D eigenvalue weighted by Crippen LogP contribution is 2.32. The number of nitrogens with zero attached hydrogens (tertiary/aromatic N) is 1. The summed E-state index contributed by atoms with van der Waals surface area (Å²) in [7, 11) is 0. The first kappa shape index (κ1) is 22.1. The molecule has 0 radical (unpaired) electrons. The van der Waals surface area contributed by atoms with E-state index in [0.717, 1.165) is 24.8 Å². The molecular weight excluding hydrogens is 416 g/mol. The molecule has 2 aromatic rings. The van der Waals surface area contributed by atoms with Gasteiger partial charge >= 0.3 is 0 Å². The summed E-state index contributed by atoms with van der Waals surface area (Å²) < 4.78 is 0.583. The topological polar surface area (TPSA) is 69.6 Å². The van der Waals surface area contributed by atoms with Crippen molar-refractivity contribution in [2.24, 2.45) is 0 Å². The van der Waals surface area contributed by atoms with Crippen molar-refractivity contribution >= 4 is 51.9 Å². The van der Waals surface area contributed by atoms with Gasteiger partial charge in [-0.15, -0.1) is 0 Å². The molecule has 2 amide bonds. The minimum Gasteiger partial charge on any atom is -0.508 e. The normalized spacial score (nSPS) is 15.1. The van der Waals surface area contributed by atoms with Gasteiger partial charge in [0.1, 0.15) is 10.1 Å². The van der Waals surface area contributed by atoms with Crippen molar-refractivity contribution in [1.82, 2.24) is 4.90 Å². The van der Waals surface area contributed by atoms with Gasteiger partial charge in [-0.1, -0.05) is 66.3 Å². The van der Waals surface area contributed by atoms with Crippen LogP contribution in [-0.4, -0.2) is 32.7 Å². The second-order valence-corrected chi connectivity index (χ2v) is 8.83. The molecule has 156 valence electrons. The van der Waals surface area contributed by atoms with Gasteiger partial charge in [-0.05, 0) is 43.5 Å². The zero-order valence-electron chi connectivity index (χ0n) is 16.8. The van der Waals surface area contributed by atoms with Crippen molar-refractivity contribution < 1.29 is 14.7 Å². The Bertz CT molecular complexity index is 971. The lowest BCUT2D eigenvalue weighted by Gasteiger charge is -2.14. The number of nitrogens with one attached hydrogen (secondary N) is 1. The molecule has 1 saturated heterocycles. The number of thioether (sulfide) groups is 1. The van der Waals surface area contributed by atoms with Gasteiger partial charge in [0.25, 0.3) is 5.91 Å². The smallest absolute Gasteiger partial charge is 0.266 e. The van der Waals surface area contributed by atoms with Crippen LogP contribution in [0.1, 0.15) is 36.8 Å². The van der Waals surface area contributed by atoms with Crippen LogP contribution in [0.4, 0.5) is 5.69 Å². The van der Waals surface area contributed by atoms with Crippen LogP contribution in [0.2, 0.25) is 0 Å². The van der Waals surface area contributed by atoms with Crippen molar-refractivity contribution in [2.45, 2.75) is 32.6 Å². The van der Waals surface area contributed by atoms with E-state index >= 15 is 0 Å². The van der Waals surface area contributed by atoms with Crippen LogP contribution in [-0.2, 0) is 9.59 Å². The number of anilines is 1. The third-order valence-corrected chi connectivity index (χ3v) is 6.04. The van der Waals surface area contributed by atoms with Crippen LogP contribution in [0, 0.1) is 6.92 Å². The molecule has 0 bridgehead atoms. The Kier molecular flexibility index (Phi) is 7.65. The second kappa shape index (κ2) is 10.4. The standard InChI is InChI=1S/C23H24N2O3S2/c1-16-9-11-17(12-10-16)14-20-22(28)25(23(29)30-20)13-4-2-3-8-21(27)24-18-6-5-7-19(26)15-18/h5-7,9-12,14-15,26H,2-4,8,13H2,1H3,(H,24,27). The average Bonchev–Trinajstić information content (AvgIpc) is 2.96. The predicted octanol–water partition coefficient (Wildman–Crippen LogP) is 5.10. The molecule has 5 nitrogen and oxygen atoms in total. The summed E-state index contributed by atoms with van der Waals surface area (Å²) in [5.41, 5.74) is 2.74. The van der Waals surface area contributed by atoms with Gasteiger partial charge < -0.3 is 10.4 Å². The zero-order chi connectivity index (χ0) is 21.5. The van der Waals surface area contributed by atoms with E-state index in [9.17, 15) is 14.7 Å². The van der Waals surface area contributed by atoms with Crippen molar-refractivity contribution in [3.8, 4) is 5.75 Å². The van der Waals surface area contributed by atoms with E-state index in [1.54, 1.807) is 23.1 Å². The van der Waals surface area contributed by atoms with Crippen LogP contribution in [0.15, 0.2) is 53.4 Å². The van der Waals surface area contributed by atoms with Crippen LogP contribution in [0.3, 0.4) is 0 Å². The first-order valence-electron chi connectivity index (χ1n) is 9.83. The maximum Gasteiger partial charge on any atom is 0.266 e. The minimum atomic E-state index is -0.0905. The number of rotatable bonds is 8. The zero-order valence-corrected chi connectivity index (χ0v) is 18.4. The molecule has 3 rings (SSSR count). The fraction of sp³-hybridized carbons (Fsp3) is 0.261. The third-order valence-electron chi connectivity index (χ3n) is 4.66. The molecule has 1 heterocycles. The molecule has 0 aliphatic carbocycles. The van der Waals surface area contributed by atoms with Crippen LogP contribution in [0.25, 0.3) is 6.08 Å². The number of aromatic hydroxyl groups is 1. The lowest BCUT2D eigenvalue weighted by Crippen LogP contribution is -2.29. The Labute approximate surface area is 186 Å². The van der Waals surface area contributed by atoms with Crippen LogP contribution >= 0.6 is 24.0 Å². The Morgan fingerprint density at radius 2 is 1.93 bits per heavy atom. The Morgan fingerprint density at radius 3 is 2.67 bits per heavy atom. The number of carbonyl (C=O) groups excluding carboxylic acids is 2. The summed E-state index contributed by atoms with van der Waals surface area (Å²) in [5.74, 6) is -0.0211. The molecule has 30 heavy (non-hydrogen) atoms. The number of carbonyl (C=O) groups is 2. The quantitative estimate of drug-likeness (QED) is 0.339. The largest absolute Gasteiger partial charge is 0.508 e. The molecule has 0 atom stereocenters. The fourth-order valence-corrected chi connectivity index (χ4v) is 4.35. The van der Waals surface area contributed by atoms with E-state index in [2.05, 4.69) is 5.32 Å². The van der Waals surface area contributed by atoms with E-state index in [-0.39, 0.29) is 17.6 Å². The molecule has 0 saturated carbocycles. The number of thiocarbonyl (C=S) groups is 1. The molecule has 0 spiro atoms. The Balaban J connectivity index is 1.41. The molecule has 2 N–H and O–H groups in total. The van der Waals surface area contributed by atoms with Crippen LogP contribution < -0.4 is 5.32 Å². The second-order valence-electron chi connectivity index (χ2n) is 7.15. The van der Waals surface area contributed by atoms with E-state index < -0.39 is 0 Å². The molecule has 0 aromatic heterocycles. The predicted molar refractivity (Wildman–Crippen MR) is 126 cm³/mol. The molecule has 2 aromatic carbocycles. The monoisotopic (exact) mass is 440 g/mol. The van der Waals surface area contributed by atoms with Gasteiger partial charge in [-0.2, -0.15) is 0 Å². The van der Waals surface area contributed by atoms with Crippen molar-refractivity contribution in [1.29, 1.82) is 0 Å². The van der Waals surface area contributed by atoms with E-state index in [1.807, 2.05) is 37.3 Å². The SMILES string of the molecule is Cc1ccc(C=C2SC(=S)N(CCCCCC(=O)Nc3cccc(O)c3)C2=O)cc1. The Morgan fingerprint density at radius 1 is 1.17 bits per heavy atom. The summed E-state index contributed by atoms with van der Waals surface area (Å²) >= 11 is 6.71. The average molecular weight is 441 g/mol. The number of amides is 2. The highest BCUT2D eigenvalue weighted by molar-refractivity contribution is 8.26. The van der Waals surface area contributed by atoms with Crippen molar-refractivity contribution in [3.05, 3.63) is 64.6 Å². The Hall–Kier alpha value is -2.64.